The Kier molecular flexibility index (Phi) is 7.41. The van der Waals surface area contributed by atoms with Crippen molar-refractivity contribution in [1.82, 2.24) is 10.2 Å². The first-order chi connectivity index (χ1) is 14.1. The number of carbonyl (C=O) groups excluding carboxylic acids is 2. The Morgan fingerprint density at radius 1 is 1.17 bits per heavy atom. The number of fused-ring (bicyclic) bond motifs is 1. The zero-order chi connectivity index (χ0) is 20.8. The third-order valence-electron chi connectivity index (χ3n) is 5.08. The van der Waals surface area contributed by atoms with E-state index in [4.69, 9.17) is 9.47 Å². The fourth-order valence-electron chi connectivity index (χ4n) is 3.78. The minimum atomic E-state index is -0.467. The lowest BCUT2D eigenvalue weighted by molar-refractivity contribution is -0.140. The van der Waals surface area contributed by atoms with Gasteiger partial charge in [-0.3, -0.25) is 9.59 Å². The van der Waals surface area contributed by atoms with Crippen molar-refractivity contribution in [3.05, 3.63) is 57.8 Å². The number of nitrogens with one attached hydrogen (secondary N) is 1. The van der Waals surface area contributed by atoms with Crippen molar-refractivity contribution in [2.45, 2.75) is 38.5 Å². The van der Waals surface area contributed by atoms with Gasteiger partial charge in [0.1, 0.15) is 0 Å². The van der Waals surface area contributed by atoms with Gasteiger partial charge in [0, 0.05) is 43.7 Å². The van der Waals surface area contributed by atoms with Gasteiger partial charge >= 0.3 is 0 Å². The number of ether oxygens (including phenoxy) is 2. The Hall–Kier alpha value is -2.22. The molecule has 2 amide bonds. The first kappa shape index (κ1) is 21.5. The molecule has 1 aliphatic heterocycles. The average Bonchev–Trinajstić information content (AvgIpc) is 3.25. The van der Waals surface area contributed by atoms with E-state index >= 15 is 0 Å². The molecule has 1 aromatic carbocycles. The van der Waals surface area contributed by atoms with Gasteiger partial charge in [-0.15, -0.1) is 11.3 Å². The van der Waals surface area contributed by atoms with Crippen LogP contribution >= 0.6 is 11.3 Å². The number of hydrogen-bond donors (Lipinski definition) is 1. The molecular weight excluding hydrogens is 388 g/mol. The number of rotatable bonds is 9. The van der Waals surface area contributed by atoms with E-state index in [1.165, 1.54) is 0 Å². The molecule has 2 aromatic rings. The van der Waals surface area contributed by atoms with Gasteiger partial charge in [-0.2, -0.15) is 0 Å². The second-order valence-electron chi connectivity index (χ2n) is 6.86. The highest BCUT2D eigenvalue weighted by Crippen LogP contribution is 2.43. The van der Waals surface area contributed by atoms with Crippen molar-refractivity contribution in [3.8, 4) is 0 Å². The molecule has 0 radical (unpaired) electrons. The van der Waals surface area contributed by atoms with Gasteiger partial charge in [0.2, 0.25) is 5.91 Å². The summed E-state index contributed by atoms with van der Waals surface area (Å²) in [7, 11) is 1.77. The van der Waals surface area contributed by atoms with Crippen molar-refractivity contribution >= 4 is 23.2 Å². The molecule has 0 bridgehead atoms. The van der Waals surface area contributed by atoms with E-state index in [9.17, 15) is 9.59 Å². The van der Waals surface area contributed by atoms with E-state index in [1.54, 1.807) is 29.4 Å². The SMILES string of the molecule is CCOC(CCNC(=O)[C@H]1c2ccccc2C(=O)N(C)[C@@H]1c1cccs1)OCC. The van der Waals surface area contributed by atoms with Gasteiger partial charge in [0.15, 0.2) is 6.29 Å². The van der Waals surface area contributed by atoms with Crippen LogP contribution < -0.4 is 5.32 Å². The molecular formula is C22H28N2O4S. The summed E-state index contributed by atoms with van der Waals surface area (Å²) in [4.78, 5) is 28.9. The van der Waals surface area contributed by atoms with Crippen molar-refractivity contribution in [2.75, 3.05) is 26.8 Å². The molecule has 3 rings (SSSR count). The fraction of sp³-hybridized carbons (Fsp3) is 0.455. The van der Waals surface area contributed by atoms with E-state index < -0.39 is 5.92 Å². The van der Waals surface area contributed by atoms with E-state index in [-0.39, 0.29) is 24.1 Å². The summed E-state index contributed by atoms with van der Waals surface area (Å²) in [5.41, 5.74) is 1.36. The molecule has 2 atom stereocenters. The fourth-order valence-corrected chi connectivity index (χ4v) is 4.69. The van der Waals surface area contributed by atoms with E-state index in [0.29, 0.717) is 31.7 Å². The molecule has 2 heterocycles. The normalized spacial score (nSPS) is 18.8. The van der Waals surface area contributed by atoms with Gasteiger partial charge in [0.25, 0.3) is 5.91 Å². The summed E-state index contributed by atoms with van der Waals surface area (Å²) >= 11 is 1.56. The van der Waals surface area contributed by atoms with E-state index in [1.807, 2.05) is 49.6 Å². The van der Waals surface area contributed by atoms with Crippen LogP contribution in [-0.4, -0.2) is 49.8 Å². The monoisotopic (exact) mass is 416 g/mol. The van der Waals surface area contributed by atoms with Crippen LogP contribution in [0.5, 0.6) is 0 Å². The van der Waals surface area contributed by atoms with Crippen LogP contribution in [-0.2, 0) is 14.3 Å². The third kappa shape index (κ3) is 4.69. The zero-order valence-electron chi connectivity index (χ0n) is 17.1. The van der Waals surface area contributed by atoms with Crippen molar-refractivity contribution in [2.24, 2.45) is 0 Å². The van der Waals surface area contributed by atoms with Crippen LogP contribution in [0.25, 0.3) is 0 Å². The molecule has 0 unspecified atom stereocenters. The summed E-state index contributed by atoms with van der Waals surface area (Å²) in [5.74, 6) is -0.622. The molecule has 1 aromatic heterocycles. The predicted molar refractivity (Wildman–Crippen MR) is 113 cm³/mol. The number of hydrogen-bond acceptors (Lipinski definition) is 5. The smallest absolute Gasteiger partial charge is 0.254 e. The second kappa shape index (κ2) is 10.0. The molecule has 1 N–H and O–H groups in total. The predicted octanol–water partition coefficient (Wildman–Crippen LogP) is 3.56. The number of likely N-dealkylation sites (N-methyl/N-ethyl adjacent to an activating group) is 1. The largest absolute Gasteiger partial charge is 0.355 e. The van der Waals surface area contributed by atoms with Crippen LogP contribution in [0.4, 0.5) is 0 Å². The summed E-state index contributed by atoms with van der Waals surface area (Å²) in [6.07, 6.45) is 0.238. The molecule has 0 saturated heterocycles. The Labute approximate surface area is 175 Å². The lowest BCUT2D eigenvalue weighted by Gasteiger charge is -2.39. The lowest BCUT2D eigenvalue weighted by Crippen LogP contribution is -2.45. The Bertz CT molecular complexity index is 818. The van der Waals surface area contributed by atoms with Crippen molar-refractivity contribution < 1.29 is 19.1 Å². The maximum atomic E-state index is 13.3. The summed E-state index contributed by atoms with van der Waals surface area (Å²) < 4.78 is 11.1. The Morgan fingerprint density at radius 2 is 1.90 bits per heavy atom. The Balaban J connectivity index is 1.82. The molecule has 0 fully saturated rings. The molecule has 1 aliphatic rings. The third-order valence-corrected chi connectivity index (χ3v) is 6.02. The van der Waals surface area contributed by atoms with Crippen molar-refractivity contribution in [3.63, 3.8) is 0 Å². The summed E-state index contributed by atoms with van der Waals surface area (Å²) in [6.45, 7) is 5.39. The molecule has 6 nitrogen and oxygen atoms in total. The number of thiophene rings is 1. The highest BCUT2D eigenvalue weighted by Gasteiger charge is 2.42. The summed E-state index contributed by atoms with van der Waals surface area (Å²) in [5, 5.41) is 5.01. The minimum Gasteiger partial charge on any atom is -0.355 e. The molecule has 156 valence electrons. The highest BCUT2D eigenvalue weighted by molar-refractivity contribution is 7.10. The maximum absolute atomic E-state index is 13.3. The van der Waals surface area contributed by atoms with Gasteiger partial charge in [-0.25, -0.2) is 0 Å². The Morgan fingerprint density at radius 3 is 2.55 bits per heavy atom. The molecule has 29 heavy (non-hydrogen) atoms. The van der Waals surface area contributed by atoms with Crippen LogP contribution in [0.2, 0.25) is 0 Å². The number of carbonyl (C=O) groups is 2. The standard InChI is InChI=1S/C22H28N2O4S/c1-4-27-18(28-5-2)12-13-23-21(25)19-15-9-6-7-10-16(15)22(26)24(3)20(19)17-11-8-14-29-17/h6-11,14,18-20H,4-5,12-13H2,1-3H3,(H,23,25)/t19-,20+/m0/s1. The first-order valence-electron chi connectivity index (χ1n) is 9.98. The lowest BCUT2D eigenvalue weighted by atomic mass is 9.81. The van der Waals surface area contributed by atoms with Gasteiger partial charge in [-0.1, -0.05) is 24.3 Å². The molecule has 0 aliphatic carbocycles. The zero-order valence-corrected chi connectivity index (χ0v) is 17.9. The number of benzene rings is 1. The van der Waals surface area contributed by atoms with Gasteiger partial charge in [0.05, 0.1) is 12.0 Å². The summed E-state index contributed by atoms with van der Waals surface area (Å²) in [6, 6.07) is 11.0. The maximum Gasteiger partial charge on any atom is 0.254 e. The molecule has 0 saturated carbocycles. The van der Waals surface area contributed by atoms with E-state index in [2.05, 4.69) is 5.32 Å². The van der Waals surface area contributed by atoms with Crippen LogP contribution in [0.15, 0.2) is 41.8 Å². The highest BCUT2D eigenvalue weighted by atomic mass is 32.1. The molecule has 7 heteroatoms. The van der Waals surface area contributed by atoms with E-state index in [0.717, 1.165) is 10.4 Å². The van der Waals surface area contributed by atoms with Gasteiger partial charge in [-0.05, 0) is 36.9 Å². The topological polar surface area (TPSA) is 67.9 Å². The quantitative estimate of drug-likeness (QED) is 0.635. The minimum absolute atomic E-state index is 0.0594. The number of nitrogens with zero attached hydrogens (tertiary/aromatic N) is 1. The number of amides is 2. The first-order valence-corrected chi connectivity index (χ1v) is 10.9. The molecule has 0 spiro atoms. The van der Waals surface area contributed by atoms with Crippen molar-refractivity contribution in [1.29, 1.82) is 0 Å². The van der Waals surface area contributed by atoms with Crippen LogP contribution in [0, 0.1) is 0 Å². The van der Waals surface area contributed by atoms with Gasteiger partial charge < -0.3 is 19.7 Å². The van der Waals surface area contributed by atoms with Crippen LogP contribution in [0.3, 0.4) is 0 Å². The average molecular weight is 417 g/mol. The second-order valence-corrected chi connectivity index (χ2v) is 7.84. The van der Waals surface area contributed by atoms with Crippen LogP contribution in [0.1, 0.15) is 53.0 Å².